The Morgan fingerprint density at radius 3 is 2.48 bits per heavy atom. The van der Waals surface area contributed by atoms with E-state index in [4.69, 9.17) is 4.74 Å². The van der Waals surface area contributed by atoms with Crippen molar-refractivity contribution in [1.82, 2.24) is 4.98 Å². The number of fused-ring (bicyclic) bond motifs is 10. The SMILES string of the molecule is O=C(COc1cccc([C@H]2c3sc(=O)[nH]c3SC3C2[C@H]2C[C@@H]3C3C(=O)N(c4ccc([N+](=O)[O-])cc4)C(=O)C32)c1)Nc1cccc2ccccc12. The van der Waals surface area contributed by atoms with E-state index in [-0.39, 0.29) is 63.8 Å². The number of imide groups is 1. The fraction of sp³-hybridized carbons (Fsp3) is 0.243. The van der Waals surface area contributed by atoms with Crippen LogP contribution in [0.2, 0.25) is 0 Å². The molecule has 0 radical (unpaired) electrons. The number of amides is 3. The van der Waals surface area contributed by atoms with Gasteiger partial charge < -0.3 is 15.0 Å². The van der Waals surface area contributed by atoms with Crippen LogP contribution < -0.4 is 19.8 Å². The average Bonchev–Trinajstić information content (AvgIpc) is 3.86. The van der Waals surface area contributed by atoms with E-state index >= 15 is 0 Å². The molecule has 2 aliphatic heterocycles. The van der Waals surface area contributed by atoms with Crippen LogP contribution in [0.3, 0.4) is 0 Å². The second kappa shape index (κ2) is 11.7. The number of carbonyl (C=O) groups is 3. The largest absolute Gasteiger partial charge is 0.484 e. The summed E-state index contributed by atoms with van der Waals surface area (Å²) in [6.07, 6.45) is 0.726. The summed E-state index contributed by atoms with van der Waals surface area (Å²) in [6.45, 7) is -0.203. The molecule has 5 aromatic rings. The first-order valence-electron chi connectivity index (χ1n) is 16.3. The second-order valence-corrected chi connectivity index (χ2v) is 15.4. The number of anilines is 2. The molecule has 2 bridgehead atoms. The number of carbonyl (C=O) groups excluding carboxylic acids is 3. The Labute approximate surface area is 292 Å². The van der Waals surface area contributed by atoms with Crippen molar-refractivity contribution in [2.24, 2.45) is 29.6 Å². The Kier molecular flexibility index (Phi) is 7.18. The summed E-state index contributed by atoms with van der Waals surface area (Å²) in [4.78, 5) is 69.3. The lowest BCUT2D eigenvalue weighted by Gasteiger charge is -2.43. The lowest BCUT2D eigenvalue weighted by molar-refractivity contribution is -0.384. The summed E-state index contributed by atoms with van der Waals surface area (Å²) >= 11 is 2.77. The maximum atomic E-state index is 14.0. The number of rotatable bonds is 7. The number of benzene rings is 4. The summed E-state index contributed by atoms with van der Waals surface area (Å²) in [5, 5.41) is 16.9. The van der Waals surface area contributed by atoms with Gasteiger partial charge in [0.1, 0.15) is 5.75 Å². The van der Waals surface area contributed by atoms with E-state index in [1.165, 1.54) is 40.5 Å². The number of aromatic amines is 1. The molecule has 9 rings (SSSR count). The fourth-order valence-corrected chi connectivity index (χ4v) is 11.7. The number of nitro groups is 1. The third-order valence-electron chi connectivity index (χ3n) is 10.7. The predicted octanol–water partition coefficient (Wildman–Crippen LogP) is 6.19. The van der Waals surface area contributed by atoms with Gasteiger partial charge in [-0.3, -0.25) is 34.2 Å². The minimum Gasteiger partial charge on any atom is -0.484 e. The molecule has 2 N–H and O–H groups in total. The van der Waals surface area contributed by atoms with Gasteiger partial charge in [-0.15, -0.1) is 11.8 Å². The summed E-state index contributed by atoms with van der Waals surface area (Å²) in [5.74, 6) is -1.75. The Hall–Kier alpha value is -5.27. The molecule has 4 aromatic carbocycles. The molecule has 3 amide bonds. The molecule has 4 unspecified atom stereocenters. The molecular formula is C37H28N4O7S2. The van der Waals surface area contributed by atoms with Gasteiger partial charge in [-0.2, -0.15) is 0 Å². The van der Waals surface area contributed by atoms with Gasteiger partial charge in [-0.05, 0) is 65.5 Å². The highest BCUT2D eigenvalue weighted by Gasteiger charge is 2.69. The molecule has 50 heavy (non-hydrogen) atoms. The lowest BCUT2D eigenvalue weighted by atomic mass is 9.68. The number of hydrogen-bond donors (Lipinski definition) is 2. The van der Waals surface area contributed by atoms with E-state index < -0.39 is 16.8 Å². The quantitative estimate of drug-likeness (QED) is 0.116. The summed E-state index contributed by atoms with van der Waals surface area (Å²) in [7, 11) is 0. The van der Waals surface area contributed by atoms with Gasteiger partial charge in [0.25, 0.3) is 11.6 Å². The Morgan fingerprint density at radius 1 is 0.940 bits per heavy atom. The zero-order chi connectivity index (χ0) is 34.3. The highest BCUT2D eigenvalue weighted by Crippen LogP contribution is 2.68. The first kappa shape index (κ1) is 30.8. The van der Waals surface area contributed by atoms with Crippen molar-refractivity contribution in [3.05, 3.63) is 121 Å². The van der Waals surface area contributed by atoms with Crippen LogP contribution in [0.4, 0.5) is 17.1 Å². The third-order valence-corrected chi connectivity index (χ3v) is 13.3. The Bertz CT molecular complexity index is 2300. The summed E-state index contributed by atoms with van der Waals surface area (Å²) in [6, 6.07) is 26.6. The van der Waals surface area contributed by atoms with E-state index in [1.807, 2.05) is 60.7 Å². The normalized spacial score (nSPS) is 26.1. The smallest absolute Gasteiger partial charge is 0.305 e. The van der Waals surface area contributed by atoms with Crippen molar-refractivity contribution < 1.29 is 24.0 Å². The minimum absolute atomic E-state index is 0.00592. The molecule has 11 nitrogen and oxygen atoms in total. The first-order valence-corrected chi connectivity index (χ1v) is 18.0. The molecule has 13 heteroatoms. The van der Waals surface area contributed by atoms with Gasteiger partial charge in [-0.1, -0.05) is 59.9 Å². The topological polar surface area (TPSA) is 152 Å². The van der Waals surface area contributed by atoms with Gasteiger partial charge in [-0.25, -0.2) is 0 Å². The van der Waals surface area contributed by atoms with Crippen LogP contribution in [0.5, 0.6) is 5.75 Å². The maximum Gasteiger partial charge on any atom is 0.305 e. The summed E-state index contributed by atoms with van der Waals surface area (Å²) in [5.41, 5.74) is 1.84. The molecule has 2 aliphatic carbocycles. The van der Waals surface area contributed by atoms with Gasteiger partial charge in [0.2, 0.25) is 11.8 Å². The Balaban J connectivity index is 0.992. The Morgan fingerprint density at radius 2 is 1.68 bits per heavy atom. The van der Waals surface area contributed by atoms with Crippen molar-refractivity contribution >= 4 is 68.7 Å². The third kappa shape index (κ3) is 4.78. The van der Waals surface area contributed by atoms with Crippen LogP contribution >= 0.6 is 23.1 Å². The maximum absolute atomic E-state index is 14.0. The molecule has 2 saturated carbocycles. The number of nitrogens with zero attached hydrogens (tertiary/aromatic N) is 2. The van der Waals surface area contributed by atoms with Crippen molar-refractivity contribution in [3.63, 3.8) is 0 Å². The zero-order valence-electron chi connectivity index (χ0n) is 26.2. The zero-order valence-corrected chi connectivity index (χ0v) is 27.8. The van der Waals surface area contributed by atoms with Crippen LogP contribution in [0, 0.1) is 39.7 Å². The van der Waals surface area contributed by atoms with Crippen LogP contribution in [0.25, 0.3) is 10.8 Å². The van der Waals surface area contributed by atoms with Crippen molar-refractivity contribution in [2.45, 2.75) is 22.6 Å². The monoisotopic (exact) mass is 704 g/mol. The van der Waals surface area contributed by atoms with Crippen LogP contribution in [-0.2, 0) is 14.4 Å². The molecule has 0 spiro atoms. The van der Waals surface area contributed by atoms with Crippen molar-refractivity contribution in [3.8, 4) is 5.75 Å². The molecule has 7 atom stereocenters. The number of non-ortho nitro benzene ring substituents is 1. The van der Waals surface area contributed by atoms with E-state index in [0.717, 1.165) is 32.7 Å². The molecule has 3 fully saturated rings. The molecule has 4 aliphatic rings. The fourth-order valence-electron chi connectivity index (χ4n) is 8.84. The number of thioether (sulfide) groups is 1. The van der Waals surface area contributed by atoms with E-state index in [2.05, 4.69) is 10.3 Å². The predicted molar refractivity (Wildman–Crippen MR) is 189 cm³/mol. The van der Waals surface area contributed by atoms with Crippen LogP contribution in [0.15, 0.2) is 101 Å². The van der Waals surface area contributed by atoms with E-state index in [9.17, 15) is 29.3 Å². The highest BCUT2D eigenvalue weighted by molar-refractivity contribution is 8.00. The first-order chi connectivity index (χ1) is 24.3. The number of H-pyrrole nitrogens is 1. The molecule has 3 heterocycles. The number of thiazole rings is 1. The number of nitrogens with one attached hydrogen (secondary N) is 2. The number of hydrogen-bond acceptors (Lipinski definition) is 9. The van der Waals surface area contributed by atoms with Crippen molar-refractivity contribution in [2.75, 3.05) is 16.8 Å². The van der Waals surface area contributed by atoms with Crippen LogP contribution in [0.1, 0.15) is 22.8 Å². The number of aromatic nitrogens is 1. The highest BCUT2D eigenvalue weighted by atomic mass is 32.2. The van der Waals surface area contributed by atoms with Gasteiger partial charge in [0.05, 0.1) is 27.5 Å². The lowest BCUT2D eigenvalue weighted by Crippen LogP contribution is -2.42. The molecule has 250 valence electrons. The van der Waals surface area contributed by atoms with Crippen molar-refractivity contribution in [1.29, 1.82) is 0 Å². The standard InChI is InChI=1S/C37H28N4O7S2/c42-27(38-26-10-4-6-18-5-1-2-9-23(18)26)17-48-22-8-3-7-19(15-22)28-29-24-16-25(32(29)49-34-33(28)50-37(45)39-34)31-30(24)35(43)40(36(31)44)20-11-13-21(14-12-20)41(46)47/h1-15,24-25,28-32H,16-17H2,(H,38,42)(H,39,45)/t24-,25-,28-,29?,30?,31?,32?/m1/s1. The molecular weight excluding hydrogens is 677 g/mol. The summed E-state index contributed by atoms with van der Waals surface area (Å²) < 4.78 is 6.01. The molecule has 1 aromatic heterocycles. The minimum atomic E-state index is -0.515. The van der Waals surface area contributed by atoms with E-state index in [0.29, 0.717) is 17.1 Å². The molecule has 1 saturated heterocycles. The van der Waals surface area contributed by atoms with Crippen LogP contribution in [-0.4, -0.2) is 39.5 Å². The second-order valence-electron chi connectivity index (χ2n) is 13.2. The number of nitro benzene ring substituents is 1. The van der Waals surface area contributed by atoms with Gasteiger partial charge in [0, 0.05) is 39.3 Å². The number of ether oxygens (including phenoxy) is 1. The van der Waals surface area contributed by atoms with Gasteiger partial charge >= 0.3 is 4.87 Å². The van der Waals surface area contributed by atoms with Gasteiger partial charge in [0.15, 0.2) is 6.61 Å². The van der Waals surface area contributed by atoms with E-state index in [1.54, 1.807) is 17.8 Å². The average molecular weight is 705 g/mol.